The second kappa shape index (κ2) is 12.6. The number of carboxylic acid groups (broad SMARTS) is 1. The number of aromatic nitrogens is 3. The number of ether oxygens (including phenoxy) is 3. The van der Waals surface area contributed by atoms with Gasteiger partial charge in [-0.05, 0) is 62.7 Å². The molecule has 0 aliphatic carbocycles. The van der Waals surface area contributed by atoms with Crippen LogP contribution >= 0.6 is 0 Å². The molecule has 4 aromatic rings. The topological polar surface area (TPSA) is 98.9 Å². The number of likely N-dealkylation sites (tertiary alicyclic amines) is 1. The molecule has 0 saturated carbocycles. The fraction of sp³-hybridized carbons (Fsp3) is 0.406. The minimum atomic E-state index is -4.62. The van der Waals surface area contributed by atoms with E-state index in [1.165, 1.54) is 13.2 Å². The first-order chi connectivity index (χ1) is 21.6. The van der Waals surface area contributed by atoms with Crippen molar-refractivity contribution in [2.45, 2.75) is 57.2 Å². The fourth-order valence-corrected chi connectivity index (χ4v) is 5.79. The minimum absolute atomic E-state index is 0.00945. The van der Waals surface area contributed by atoms with Crippen LogP contribution in [0.5, 0.6) is 11.6 Å². The van der Waals surface area contributed by atoms with E-state index in [0.717, 1.165) is 56.0 Å². The maximum Gasteiger partial charge on any atom is 0.416 e. The fourth-order valence-electron chi connectivity index (χ4n) is 5.79. The molecule has 0 amide bonds. The average molecular weight is 629 g/mol. The Morgan fingerprint density at radius 2 is 1.87 bits per heavy atom. The SMILES string of the molecule is COc1cc(C(=O)O)cc2c1nc(CN1CCC(c3cccc(OCc4ccc(C(F)(F)F)cc4F)n3)CC1)n2C[C@@H]1CCO1. The van der Waals surface area contributed by atoms with Crippen LogP contribution in [0.4, 0.5) is 17.6 Å². The molecule has 1 N–H and O–H groups in total. The van der Waals surface area contributed by atoms with Gasteiger partial charge in [-0.3, -0.25) is 4.90 Å². The third-order valence-corrected chi connectivity index (χ3v) is 8.42. The van der Waals surface area contributed by atoms with E-state index < -0.39 is 23.5 Å². The lowest BCUT2D eigenvalue weighted by atomic mass is 9.93. The molecule has 0 spiro atoms. The van der Waals surface area contributed by atoms with Crippen LogP contribution in [-0.4, -0.2) is 63.4 Å². The van der Waals surface area contributed by atoms with E-state index in [-0.39, 0.29) is 35.6 Å². The summed E-state index contributed by atoms with van der Waals surface area (Å²) in [6, 6.07) is 10.9. The number of fused-ring (bicyclic) bond motifs is 1. The maximum atomic E-state index is 14.3. The highest BCUT2D eigenvalue weighted by molar-refractivity contribution is 5.95. The molecule has 2 aromatic carbocycles. The van der Waals surface area contributed by atoms with Gasteiger partial charge < -0.3 is 23.9 Å². The summed E-state index contributed by atoms with van der Waals surface area (Å²) in [5, 5.41) is 9.64. The number of nitrogens with zero attached hydrogens (tertiary/aromatic N) is 4. The van der Waals surface area contributed by atoms with Gasteiger partial charge in [0.15, 0.2) is 0 Å². The van der Waals surface area contributed by atoms with Crippen molar-refractivity contribution in [3.63, 3.8) is 0 Å². The number of hydrogen-bond donors (Lipinski definition) is 1. The normalized spacial score (nSPS) is 17.8. The Morgan fingerprint density at radius 3 is 2.51 bits per heavy atom. The molecule has 238 valence electrons. The molecule has 2 fully saturated rings. The molecule has 0 bridgehead atoms. The second-order valence-electron chi connectivity index (χ2n) is 11.3. The van der Waals surface area contributed by atoms with Crippen molar-refractivity contribution in [2.75, 3.05) is 26.8 Å². The van der Waals surface area contributed by atoms with Gasteiger partial charge in [-0.1, -0.05) is 12.1 Å². The highest BCUT2D eigenvalue weighted by Gasteiger charge is 2.31. The minimum Gasteiger partial charge on any atom is -0.494 e. The first kappa shape index (κ1) is 30.8. The van der Waals surface area contributed by atoms with E-state index in [9.17, 15) is 27.5 Å². The molecule has 0 radical (unpaired) electrons. The highest BCUT2D eigenvalue weighted by atomic mass is 19.4. The first-order valence-corrected chi connectivity index (χ1v) is 14.7. The van der Waals surface area contributed by atoms with Gasteiger partial charge in [0, 0.05) is 29.8 Å². The van der Waals surface area contributed by atoms with Crippen molar-refractivity contribution < 1.29 is 41.7 Å². The third kappa shape index (κ3) is 6.74. The van der Waals surface area contributed by atoms with Crippen LogP contribution in [0.2, 0.25) is 0 Å². The Kier molecular flexibility index (Phi) is 8.65. The summed E-state index contributed by atoms with van der Waals surface area (Å²) in [5.74, 6) is -0.371. The zero-order valence-electron chi connectivity index (χ0n) is 24.5. The van der Waals surface area contributed by atoms with Crippen LogP contribution in [0.25, 0.3) is 11.0 Å². The van der Waals surface area contributed by atoms with Crippen LogP contribution in [-0.2, 0) is 30.6 Å². The smallest absolute Gasteiger partial charge is 0.416 e. The lowest BCUT2D eigenvalue weighted by molar-refractivity contribution is -0.137. The van der Waals surface area contributed by atoms with E-state index in [4.69, 9.17) is 19.2 Å². The molecule has 2 aliphatic rings. The van der Waals surface area contributed by atoms with Crippen molar-refractivity contribution in [3.05, 3.63) is 82.6 Å². The van der Waals surface area contributed by atoms with Crippen LogP contribution in [0.1, 0.15) is 58.2 Å². The molecule has 2 saturated heterocycles. The number of halogens is 4. The van der Waals surface area contributed by atoms with Gasteiger partial charge in [-0.2, -0.15) is 13.2 Å². The van der Waals surface area contributed by atoms with Gasteiger partial charge in [-0.25, -0.2) is 19.2 Å². The summed E-state index contributed by atoms with van der Waals surface area (Å²) >= 11 is 0. The molecule has 1 atom stereocenters. The number of rotatable bonds is 10. The summed E-state index contributed by atoms with van der Waals surface area (Å²) < 4.78 is 71.7. The van der Waals surface area contributed by atoms with Gasteiger partial charge in [0.05, 0.1) is 42.9 Å². The molecule has 4 heterocycles. The zero-order valence-corrected chi connectivity index (χ0v) is 24.5. The second-order valence-corrected chi connectivity index (χ2v) is 11.3. The van der Waals surface area contributed by atoms with E-state index >= 15 is 0 Å². The van der Waals surface area contributed by atoms with Crippen molar-refractivity contribution in [1.29, 1.82) is 0 Å². The Bertz CT molecular complexity index is 1700. The van der Waals surface area contributed by atoms with Crippen LogP contribution in [0.15, 0.2) is 48.5 Å². The first-order valence-electron chi connectivity index (χ1n) is 14.7. The van der Waals surface area contributed by atoms with Gasteiger partial charge in [0.2, 0.25) is 5.88 Å². The number of carboxylic acids is 1. The number of benzene rings is 2. The summed E-state index contributed by atoms with van der Waals surface area (Å²) in [6.45, 7) is 3.14. The number of hydrogen-bond acceptors (Lipinski definition) is 7. The van der Waals surface area contributed by atoms with E-state index in [1.807, 2.05) is 10.6 Å². The zero-order chi connectivity index (χ0) is 31.7. The molecule has 2 aromatic heterocycles. The summed E-state index contributed by atoms with van der Waals surface area (Å²) in [4.78, 5) is 23.6. The Balaban J connectivity index is 1.12. The molecule has 13 heteroatoms. The standard InChI is InChI=1S/C32H32F4N4O5/c1-43-27-14-21(31(41)42)13-26-30(27)38-28(40(26)16-23-9-12-44-23)17-39-10-7-19(8-11-39)25-3-2-4-29(37-25)45-18-20-5-6-22(15-24(20)33)32(34,35)36/h2-6,13-15,19,23H,7-12,16-18H2,1H3,(H,41,42)/t23-/m0/s1. The average Bonchev–Trinajstić information content (AvgIpc) is 3.34. The van der Waals surface area contributed by atoms with Crippen LogP contribution < -0.4 is 9.47 Å². The summed E-state index contributed by atoms with van der Waals surface area (Å²) in [7, 11) is 1.50. The maximum absolute atomic E-state index is 14.3. The molecule has 45 heavy (non-hydrogen) atoms. The lowest BCUT2D eigenvalue weighted by Gasteiger charge is -2.32. The predicted octanol–water partition coefficient (Wildman–Crippen LogP) is 6.04. The van der Waals surface area contributed by atoms with Gasteiger partial charge in [-0.15, -0.1) is 0 Å². The number of piperidine rings is 1. The van der Waals surface area contributed by atoms with Crippen molar-refractivity contribution in [1.82, 2.24) is 19.4 Å². The summed E-state index contributed by atoms with van der Waals surface area (Å²) in [6.07, 6.45) is -2.01. The van der Waals surface area contributed by atoms with Crippen molar-refractivity contribution in [3.8, 4) is 11.6 Å². The number of aromatic carboxylic acids is 1. The Labute approximate surface area is 256 Å². The van der Waals surface area contributed by atoms with Crippen molar-refractivity contribution in [2.24, 2.45) is 0 Å². The summed E-state index contributed by atoms with van der Waals surface area (Å²) in [5.41, 5.74) is 1.24. The Morgan fingerprint density at radius 1 is 1.09 bits per heavy atom. The largest absolute Gasteiger partial charge is 0.494 e. The monoisotopic (exact) mass is 628 g/mol. The molecule has 9 nitrogen and oxygen atoms in total. The highest BCUT2D eigenvalue weighted by Crippen LogP contribution is 2.33. The number of pyridine rings is 1. The number of carbonyl (C=O) groups is 1. The Hall–Kier alpha value is -4.23. The van der Waals surface area contributed by atoms with E-state index in [1.54, 1.807) is 18.2 Å². The van der Waals surface area contributed by atoms with Gasteiger partial charge in [0.25, 0.3) is 0 Å². The van der Waals surface area contributed by atoms with E-state index in [0.29, 0.717) is 42.5 Å². The van der Waals surface area contributed by atoms with E-state index in [2.05, 4.69) is 9.88 Å². The predicted molar refractivity (Wildman–Crippen MR) is 155 cm³/mol. The third-order valence-electron chi connectivity index (χ3n) is 8.42. The van der Waals surface area contributed by atoms with Gasteiger partial charge in [0.1, 0.15) is 29.5 Å². The molecular weight excluding hydrogens is 596 g/mol. The molecule has 0 unspecified atom stereocenters. The number of methoxy groups -OCH3 is 1. The van der Waals surface area contributed by atoms with Gasteiger partial charge >= 0.3 is 12.1 Å². The number of alkyl halides is 3. The lowest BCUT2D eigenvalue weighted by Crippen LogP contribution is -2.35. The molecule has 2 aliphatic heterocycles. The van der Waals surface area contributed by atoms with Crippen molar-refractivity contribution >= 4 is 17.0 Å². The number of imidazole rings is 1. The molecular formula is C32H32F4N4O5. The van der Waals surface area contributed by atoms with Crippen LogP contribution in [0.3, 0.4) is 0 Å². The van der Waals surface area contributed by atoms with Crippen LogP contribution in [0, 0.1) is 5.82 Å². The quantitative estimate of drug-likeness (QED) is 0.212. The molecule has 6 rings (SSSR count).